The van der Waals surface area contributed by atoms with Crippen LogP contribution in [0.5, 0.6) is 0 Å². The van der Waals surface area contributed by atoms with Crippen molar-refractivity contribution in [1.82, 2.24) is 10.2 Å². The normalized spacial score (nSPS) is 24.1. The average molecular weight is 309 g/mol. The summed E-state index contributed by atoms with van der Waals surface area (Å²) in [5.74, 6) is 1.48. The molecule has 1 fully saturated rings. The lowest BCUT2D eigenvalue weighted by molar-refractivity contribution is 0.0862. The van der Waals surface area contributed by atoms with Crippen LogP contribution in [-0.4, -0.2) is 30.1 Å². The van der Waals surface area contributed by atoms with Crippen LogP contribution in [0.3, 0.4) is 0 Å². The van der Waals surface area contributed by atoms with Gasteiger partial charge in [0.1, 0.15) is 0 Å². The van der Waals surface area contributed by atoms with Gasteiger partial charge in [0.25, 0.3) is 0 Å². The fourth-order valence-electron chi connectivity index (χ4n) is 3.36. The Bertz CT molecular complexity index is 425. The Morgan fingerprint density at radius 2 is 1.95 bits per heavy atom. The van der Waals surface area contributed by atoms with Crippen LogP contribution in [0, 0.1) is 11.8 Å². The van der Waals surface area contributed by atoms with Gasteiger partial charge in [0, 0.05) is 41.5 Å². The minimum atomic E-state index is 0.658. The molecule has 1 N–H and O–H groups in total. The maximum atomic E-state index is 3.78. The highest BCUT2D eigenvalue weighted by molar-refractivity contribution is 7.11. The van der Waals surface area contributed by atoms with Gasteiger partial charge in [0.05, 0.1) is 0 Å². The zero-order valence-electron chi connectivity index (χ0n) is 14.4. The molecule has 0 spiro atoms. The molecule has 21 heavy (non-hydrogen) atoms. The molecule has 2 unspecified atom stereocenters. The number of thiophene rings is 1. The third-order valence-electron chi connectivity index (χ3n) is 4.49. The number of hydrogen-bond donors (Lipinski definition) is 1. The Kier molecular flexibility index (Phi) is 6.27. The summed E-state index contributed by atoms with van der Waals surface area (Å²) < 4.78 is 0. The Morgan fingerprint density at radius 3 is 2.52 bits per heavy atom. The van der Waals surface area contributed by atoms with E-state index in [-0.39, 0.29) is 0 Å². The first-order chi connectivity index (χ1) is 9.99. The maximum absolute atomic E-state index is 3.78. The van der Waals surface area contributed by atoms with E-state index >= 15 is 0 Å². The largest absolute Gasteiger partial charge is 0.311 e. The first-order valence-corrected chi connectivity index (χ1v) is 9.36. The van der Waals surface area contributed by atoms with Crippen LogP contribution in [0.15, 0.2) is 12.1 Å². The van der Waals surface area contributed by atoms with Gasteiger partial charge in [-0.05, 0) is 36.8 Å². The van der Waals surface area contributed by atoms with Crippen molar-refractivity contribution in [2.24, 2.45) is 11.8 Å². The van der Waals surface area contributed by atoms with Crippen LogP contribution in [-0.2, 0) is 13.0 Å². The third kappa shape index (κ3) is 4.80. The Labute approximate surface area is 134 Å². The summed E-state index contributed by atoms with van der Waals surface area (Å²) in [5.41, 5.74) is 0. The molecule has 1 aliphatic rings. The van der Waals surface area contributed by atoms with E-state index in [0.29, 0.717) is 18.0 Å². The fraction of sp³-hybridized carbons (Fsp3) is 0.778. The van der Waals surface area contributed by atoms with E-state index in [4.69, 9.17) is 0 Å². The lowest BCUT2D eigenvalue weighted by atomic mass is 9.95. The highest BCUT2D eigenvalue weighted by Gasteiger charge is 2.30. The van der Waals surface area contributed by atoms with E-state index in [9.17, 15) is 0 Å². The molecule has 0 bridgehead atoms. The van der Waals surface area contributed by atoms with Crippen LogP contribution < -0.4 is 5.32 Å². The van der Waals surface area contributed by atoms with E-state index in [1.165, 1.54) is 22.7 Å². The van der Waals surface area contributed by atoms with Gasteiger partial charge in [-0.15, -0.1) is 11.3 Å². The molecule has 1 aromatic heterocycles. The SMILES string of the molecule is CCc1ccc(CN2CC(CC(C)C)NCC2C(C)C)s1. The lowest BCUT2D eigenvalue weighted by Gasteiger charge is -2.42. The number of hydrogen-bond acceptors (Lipinski definition) is 3. The Balaban J connectivity index is 2.02. The van der Waals surface area contributed by atoms with Crippen LogP contribution in [0.25, 0.3) is 0 Å². The second-order valence-electron chi connectivity index (χ2n) is 7.20. The summed E-state index contributed by atoms with van der Waals surface area (Å²) in [4.78, 5) is 5.77. The van der Waals surface area contributed by atoms with E-state index < -0.39 is 0 Å². The third-order valence-corrected chi connectivity index (χ3v) is 5.70. The summed E-state index contributed by atoms with van der Waals surface area (Å²) in [5, 5.41) is 3.78. The van der Waals surface area contributed by atoms with Crippen LogP contribution in [0.4, 0.5) is 0 Å². The highest BCUT2D eigenvalue weighted by atomic mass is 32.1. The molecule has 0 amide bonds. The van der Waals surface area contributed by atoms with Crippen molar-refractivity contribution in [3.8, 4) is 0 Å². The second kappa shape index (κ2) is 7.75. The minimum Gasteiger partial charge on any atom is -0.311 e. The topological polar surface area (TPSA) is 15.3 Å². The predicted molar refractivity (Wildman–Crippen MR) is 94.0 cm³/mol. The summed E-state index contributed by atoms with van der Waals surface area (Å²) in [6, 6.07) is 5.96. The van der Waals surface area contributed by atoms with Gasteiger partial charge in [-0.3, -0.25) is 4.90 Å². The van der Waals surface area contributed by atoms with Crippen LogP contribution in [0.2, 0.25) is 0 Å². The highest BCUT2D eigenvalue weighted by Crippen LogP contribution is 2.24. The van der Waals surface area contributed by atoms with Crippen molar-refractivity contribution < 1.29 is 0 Å². The first-order valence-electron chi connectivity index (χ1n) is 8.54. The molecule has 0 aliphatic carbocycles. The van der Waals surface area contributed by atoms with E-state index in [2.05, 4.69) is 57.0 Å². The van der Waals surface area contributed by atoms with Gasteiger partial charge in [-0.2, -0.15) is 0 Å². The van der Waals surface area contributed by atoms with Crippen molar-refractivity contribution in [3.63, 3.8) is 0 Å². The molecule has 1 aromatic rings. The molecular formula is C18H32N2S. The standard InChI is InChI=1S/C18H32N2S/c1-6-16-7-8-17(21-16)12-20-11-15(9-13(2)3)19-10-18(20)14(4)5/h7-8,13-15,18-19H,6,9-12H2,1-5H3. The molecule has 0 saturated carbocycles. The molecule has 2 atom stereocenters. The van der Waals surface area contributed by atoms with Crippen LogP contribution in [0.1, 0.15) is 50.8 Å². The number of nitrogens with zero attached hydrogens (tertiary/aromatic N) is 1. The number of piperazine rings is 1. The van der Waals surface area contributed by atoms with E-state index in [0.717, 1.165) is 25.4 Å². The van der Waals surface area contributed by atoms with Gasteiger partial charge in [0.15, 0.2) is 0 Å². The van der Waals surface area contributed by atoms with Gasteiger partial charge >= 0.3 is 0 Å². The minimum absolute atomic E-state index is 0.658. The first kappa shape index (κ1) is 17.0. The molecule has 120 valence electrons. The number of nitrogens with one attached hydrogen (secondary N) is 1. The molecule has 3 heteroatoms. The molecule has 2 heterocycles. The Hall–Kier alpha value is -0.380. The molecular weight excluding hydrogens is 276 g/mol. The molecule has 1 aliphatic heterocycles. The van der Waals surface area contributed by atoms with E-state index in [1.807, 2.05) is 11.3 Å². The zero-order chi connectivity index (χ0) is 15.4. The monoisotopic (exact) mass is 308 g/mol. The summed E-state index contributed by atoms with van der Waals surface area (Å²) >= 11 is 1.99. The van der Waals surface area contributed by atoms with Crippen molar-refractivity contribution in [2.75, 3.05) is 13.1 Å². The van der Waals surface area contributed by atoms with Gasteiger partial charge in [-0.1, -0.05) is 34.6 Å². The van der Waals surface area contributed by atoms with Crippen LogP contribution >= 0.6 is 11.3 Å². The maximum Gasteiger partial charge on any atom is 0.0332 e. The van der Waals surface area contributed by atoms with Gasteiger partial charge in [-0.25, -0.2) is 0 Å². The summed E-state index contributed by atoms with van der Waals surface area (Å²) in [6.45, 7) is 15.1. The summed E-state index contributed by atoms with van der Waals surface area (Å²) in [6.07, 6.45) is 2.45. The van der Waals surface area contributed by atoms with Crippen molar-refractivity contribution in [2.45, 2.75) is 66.1 Å². The number of aryl methyl sites for hydroxylation is 1. The van der Waals surface area contributed by atoms with Crippen molar-refractivity contribution in [1.29, 1.82) is 0 Å². The van der Waals surface area contributed by atoms with E-state index in [1.54, 1.807) is 0 Å². The lowest BCUT2D eigenvalue weighted by Crippen LogP contribution is -2.57. The second-order valence-corrected chi connectivity index (χ2v) is 8.45. The quantitative estimate of drug-likeness (QED) is 0.849. The van der Waals surface area contributed by atoms with Crippen molar-refractivity contribution >= 4 is 11.3 Å². The Morgan fingerprint density at radius 1 is 1.24 bits per heavy atom. The van der Waals surface area contributed by atoms with Crippen molar-refractivity contribution in [3.05, 3.63) is 21.9 Å². The molecule has 0 radical (unpaired) electrons. The summed E-state index contributed by atoms with van der Waals surface area (Å²) in [7, 11) is 0. The zero-order valence-corrected chi connectivity index (χ0v) is 15.2. The fourth-order valence-corrected chi connectivity index (χ4v) is 4.35. The molecule has 2 nitrogen and oxygen atoms in total. The predicted octanol–water partition coefficient (Wildman–Crippen LogP) is 4.16. The van der Waals surface area contributed by atoms with Gasteiger partial charge < -0.3 is 5.32 Å². The average Bonchev–Trinajstić information content (AvgIpc) is 2.85. The molecule has 2 rings (SSSR count). The molecule has 0 aromatic carbocycles. The smallest absolute Gasteiger partial charge is 0.0332 e. The van der Waals surface area contributed by atoms with Gasteiger partial charge in [0.2, 0.25) is 0 Å². The number of rotatable bonds is 6. The molecule has 1 saturated heterocycles.